The molecule has 2 aromatic rings. The molecule has 0 fully saturated rings. The van der Waals surface area contributed by atoms with Gasteiger partial charge in [-0.2, -0.15) is 0 Å². The first-order valence-electron chi connectivity index (χ1n) is 9.87. The molecule has 29 heavy (non-hydrogen) atoms. The molecule has 0 unspecified atom stereocenters. The fraction of sp³-hybridized carbons (Fsp3) is 0.333. The monoisotopic (exact) mass is 498 g/mol. The second kappa shape index (κ2) is 13.9. The second-order valence-corrected chi connectivity index (χ2v) is 10.4. The molecule has 0 aliphatic heterocycles. The fourth-order valence-corrected chi connectivity index (χ4v) is 7.29. The summed E-state index contributed by atoms with van der Waals surface area (Å²) >= 11 is 2.38. The fourth-order valence-electron chi connectivity index (χ4n) is 4.11. The maximum Gasteiger partial charge on any atom is -1.00 e. The number of benzene rings is 2. The molecule has 0 spiro atoms. The molecule has 0 aromatic heterocycles. The van der Waals surface area contributed by atoms with Gasteiger partial charge in [-0.05, 0) is 0 Å². The molecule has 1 aliphatic rings. The molecule has 0 amide bonds. The van der Waals surface area contributed by atoms with E-state index in [-0.39, 0.29) is 46.7 Å². The van der Waals surface area contributed by atoms with Gasteiger partial charge in [-0.15, -0.1) is 0 Å². The summed E-state index contributed by atoms with van der Waals surface area (Å²) in [6.07, 6.45) is 6.45. The first-order valence-corrected chi connectivity index (χ1v) is 12.1. The minimum Gasteiger partial charge on any atom is -1.00 e. The van der Waals surface area contributed by atoms with E-state index in [0.717, 1.165) is 0 Å². The van der Waals surface area contributed by atoms with Crippen LogP contribution in [0.15, 0.2) is 63.2 Å². The van der Waals surface area contributed by atoms with Crippen LogP contribution in [0.25, 0.3) is 5.57 Å². The van der Waals surface area contributed by atoms with Crippen molar-refractivity contribution in [2.45, 2.75) is 52.9 Å². The number of hydrogen-bond acceptors (Lipinski definition) is 0. The van der Waals surface area contributed by atoms with Crippen molar-refractivity contribution in [3.8, 4) is 0 Å². The van der Waals surface area contributed by atoms with Crippen LogP contribution in [-0.4, -0.2) is 9.52 Å². The predicted octanol–water partition coefficient (Wildman–Crippen LogP) is -3.69. The van der Waals surface area contributed by atoms with Crippen LogP contribution in [0.1, 0.15) is 55.7 Å². The SMILES string of the molecule is CCCCCC1=C(c2ccccc2)[C]([Ti+3])=C([SiH2]c2cc(C)cc(C)c2)C1.[Cl-].[Cl-].[Cl-]. The van der Waals surface area contributed by atoms with Crippen molar-refractivity contribution in [1.29, 1.82) is 0 Å². The zero-order valence-corrected chi connectivity index (χ0v) is 22.7. The van der Waals surface area contributed by atoms with Gasteiger partial charge in [0.15, 0.2) is 0 Å². The zero-order chi connectivity index (χ0) is 18.5. The minimum absolute atomic E-state index is 0. The molecule has 3 rings (SSSR count). The average Bonchev–Trinajstić information content (AvgIpc) is 2.90. The van der Waals surface area contributed by atoms with E-state index in [2.05, 4.69) is 89.7 Å². The summed E-state index contributed by atoms with van der Waals surface area (Å²) in [5.41, 5.74) is 7.48. The van der Waals surface area contributed by atoms with E-state index in [1.165, 1.54) is 48.8 Å². The molecule has 154 valence electrons. The molecule has 0 N–H and O–H groups in total. The van der Waals surface area contributed by atoms with Crippen LogP contribution in [0.5, 0.6) is 0 Å². The van der Waals surface area contributed by atoms with E-state index < -0.39 is 0 Å². The topological polar surface area (TPSA) is 0 Å². The predicted molar refractivity (Wildman–Crippen MR) is 113 cm³/mol. The first-order chi connectivity index (χ1) is 12.6. The van der Waals surface area contributed by atoms with E-state index in [4.69, 9.17) is 0 Å². The quantitative estimate of drug-likeness (QED) is 0.272. The van der Waals surface area contributed by atoms with Crippen molar-refractivity contribution >= 4 is 20.3 Å². The van der Waals surface area contributed by atoms with E-state index >= 15 is 0 Å². The minimum atomic E-state index is -0.384. The number of unbranched alkanes of at least 4 members (excludes halogenated alkanes) is 2. The van der Waals surface area contributed by atoms with Gasteiger partial charge < -0.3 is 37.2 Å². The molecule has 0 nitrogen and oxygen atoms in total. The number of allylic oxidation sites excluding steroid dienone is 4. The van der Waals surface area contributed by atoms with Crippen LogP contribution in [0.3, 0.4) is 0 Å². The van der Waals surface area contributed by atoms with Gasteiger partial charge in [0.1, 0.15) is 0 Å². The molecule has 0 atom stereocenters. The molecule has 0 radical (unpaired) electrons. The number of hydrogen-bond donors (Lipinski definition) is 0. The second-order valence-electron chi connectivity index (χ2n) is 7.63. The van der Waals surface area contributed by atoms with Crippen molar-refractivity contribution in [3.05, 3.63) is 79.9 Å². The normalized spacial score (nSPS) is 13.4. The molecule has 0 saturated heterocycles. The maximum absolute atomic E-state index is 2.41. The van der Waals surface area contributed by atoms with Gasteiger partial charge in [0.25, 0.3) is 0 Å². The Morgan fingerprint density at radius 1 is 0.897 bits per heavy atom. The van der Waals surface area contributed by atoms with Crippen LogP contribution in [-0.2, 0) is 20.4 Å². The Balaban J connectivity index is 0.00000261. The zero-order valence-electron chi connectivity index (χ0n) is 17.5. The molecule has 0 saturated carbocycles. The average molecular weight is 500 g/mol. The van der Waals surface area contributed by atoms with E-state index in [1.807, 2.05) is 0 Å². The van der Waals surface area contributed by atoms with Crippen LogP contribution in [0, 0.1) is 13.8 Å². The smallest absolute Gasteiger partial charge is 1.00 e. The summed E-state index contributed by atoms with van der Waals surface area (Å²) in [5.74, 6) is 0. The van der Waals surface area contributed by atoms with Crippen molar-refractivity contribution in [2.24, 2.45) is 0 Å². The van der Waals surface area contributed by atoms with Gasteiger partial charge in [0, 0.05) is 0 Å². The van der Waals surface area contributed by atoms with Crippen molar-refractivity contribution in [3.63, 3.8) is 0 Å². The van der Waals surface area contributed by atoms with Crippen LogP contribution < -0.4 is 42.4 Å². The maximum atomic E-state index is 2.41. The van der Waals surface area contributed by atoms with Gasteiger partial charge in [0.2, 0.25) is 0 Å². The molecular weight excluding hydrogens is 471 g/mol. The van der Waals surface area contributed by atoms with Gasteiger partial charge in [-0.1, -0.05) is 0 Å². The van der Waals surface area contributed by atoms with Crippen LogP contribution in [0.4, 0.5) is 0 Å². The third-order valence-corrected chi connectivity index (χ3v) is 8.57. The summed E-state index contributed by atoms with van der Waals surface area (Å²) in [7, 11) is -0.384. The van der Waals surface area contributed by atoms with E-state index in [1.54, 1.807) is 25.4 Å². The Morgan fingerprint density at radius 3 is 2.10 bits per heavy atom. The standard InChI is InChI=1S/C24H29Si.3ClH.Ti/c1-4-5-7-12-21-16-23(17-24(21)20-10-8-6-9-11-20)25-22-14-18(2)13-19(3)15-22;;;;/h6,8-11,13-15H,4-5,7,12,16,25H2,1-3H3;3*1H;/q;;;;+3/p-3. The Labute approximate surface area is 209 Å². The molecule has 1 aliphatic carbocycles. The Kier molecular flexibility index (Phi) is 13.8. The largest absolute Gasteiger partial charge is 1.00 e. The van der Waals surface area contributed by atoms with Crippen molar-refractivity contribution in [1.82, 2.24) is 0 Å². The third kappa shape index (κ3) is 7.73. The molecule has 0 heterocycles. The molecule has 2 aromatic carbocycles. The van der Waals surface area contributed by atoms with Gasteiger partial charge in [-0.3, -0.25) is 0 Å². The van der Waals surface area contributed by atoms with Crippen LogP contribution >= 0.6 is 0 Å². The summed E-state index contributed by atoms with van der Waals surface area (Å²) in [4.78, 5) is 0. The van der Waals surface area contributed by atoms with Crippen molar-refractivity contribution < 1.29 is 57.7 Å². The number of rotatable bonds is 7. The van der Waals surface area contributed by atoms with Crippen LogP contribution in [0.2, 0.25) is 0 Å². The van der Waals surface area contributed by atoms with Gasteiger partial charge >= 0.3 is 173 Å². The summed E-state index contributed by atoms with van der Waals surface area (Å²) < 4.78 is 1.58. The Morgan fingerprint density at radius 2 is 1.52 bits per heavy atom. The Bertz CT molecular complexity index is 824. The number of aryl methyl sites for hydroxylation is 2. The summed E-state index contributed by atoms with van der Waals surface area (Å²) in [5, 5.41) is 3.35. The van der Waals surface area contributed by atoms with Gasteiger partial charge in [0.05, 0.1) is 0 Å². The summed E-state index contributed by atoms with van der Waals surface area (Å²) in [6, 6.07) is 18.2. The molecule has 0 bridgehead atoms. The molecule has 5 heteroatoms. The molecular formula is C24H29Cl3SiTi. The van der Waals surface area contributed by atoms with E-state index in [0.29, 0.717) is 0 Å². The third-order valence-electron chi connectivity index (χ3n) is 5.23. The van der Waals surface area contributed by atoms with E-state index in [9.17, 15) is 0 Å². The van der Waals surface area contributed by atoms with Crippen molar-refractivity contribution in [2.75, 3.05) is 0 Å². The Hall–Kier alpha value is -0.279. The van der Waals surface area contributed by atoms with Gasteiger partial charge in [-0.25, -0.2) is 0 Å². The first kappa shape index (κ1) is 28.7. The summed E-state index contributed by atoms with van der Waals surface area (Å²) in [6.45, 7) is 6.75. The number of halogens is 3.